The number of carbonyl (C=O) groups is 1. The fourth-order valence-electron chi connectivity index (χ4n) is 3.15. The number of benzene rings is 2. The van der Waals surface area contributed by atoms with Crippen LogP contribution in [0.1, 0.15) is 21.7 Å². The number of hydrogen-bond acceptors (Lipinski definition) is 3. The first kappa shape index (κ1) is 18.0. The lowest BCUT2D eigenvalue weighted by molar-refractivity contribution is -0.137. The Labute approximate surface area is 157 Å². The average molecular weight is 388 g/mol. The Bertz CT molecular complexity index is 1070. The number of amides is 1. The molecule has 1 aliphatic rings. The molecule has 0 unspecified atom stereocenters. The second kappa shape index (κ2) is 6.66. The number of hydrogen-bond donors (Lipinski definition) is 0. The first-order chi connectivity index (χ1) is 13.3. The molecule has 28 heavy (non-hydrogen) atoms. The van der Waals surface area contributed by atoms with Crippen molar-refractivity contribution in [1.29, 1.82) is 0 Å². The molecule has 0 radical (unpaired) electrons. The van der Waals surface area contributed by atoms with Crippen LogP contribution in [0.5, 0.6) is 0 Å². The standard InChI is InChI=1S/C19H15F3N4O2/c20-19(21,22)14-6-8-15(9-7-14)26-18(28)25-11-10-24(12-16(25)23-26)17(27)13-4-2-1-3-5-13/h1-9H,10-12H2. The van der Waals surface area contributed by atoms with Crippen LogP contribution in [0.3, 0.4) is 0 Å². The van der Waals surface area contributed by atoms with E-state index in [-0.39, 0.29) is 24.7 Å². The monoisotopic (exact) mass is 388 g/mol. The van der Waals surface area contributed by atoms with E-state index >= 15 is 0 Å². The largest absolute Gasteiger partial charge is 0.416 e. The SMILES string of the molecule is O=C(c1ccccc1)N1CCn2c(nn(-c3ccc(C(F)(F)F)cc3)c2=O)C1. The Morgan fingerprint density at radius 1 is 0.964 bits per heavy atom. The van der Waals surface area contributed by atoms with Crippen LogP contribution < -0.4 is 5.69 Å². The minimum absolute atomic E-state index is 0.149. The molecule has 2 heterocycles. The van der Waals surface area contributed by atoms with E-state index in [4.69, 9.17) is 0 Å². The van der Waals surface area contributed by atoms with E-state index in [0.717, 1.165) is 16.8 Å². The van der Waals surface area contributed by atoms with Crippen molar-refractivity contribution in [3.05, 3.63) is 82.0 Å². The fraction of sp³-hybridized carbons (Fsp3) is 0.211. The molecule has 0 bridgehead atoms. The number of carbonyl (C=O) groups excluding carboxylic acids is 1. The summed E-state index contributed by atoms with van der Waals surface area (Å²) in [5, 5.41) is 4.23. The van der Waals surface area contributed by atoms with Gasteiger partial charge in [-0.05, 0) is 36.4 Å². The van der Waals surface area contributed by atoms with Crippen LogP contribution in [0, 0.1) is 0 Å². The van der Waals surface area contributed by atoms with E-state index in [1.54, 1.807) is 29.2 Å². The van der Waals surface area contributed by atoms with Crippen LogP contribution in [0.4, 0.5) is 13.2 Å². The summed E-state index contributed by atoms with van der Waals surface area (Å²) >= 11 is 0. The smallest absolute Gasteiger partial charge is 0.329 e. The van der Waals surface area contributed by atoms with Crippen molar-refractivity contribution in [1.82, 2.24) is 19.2 Å². The molecule has 1 aliphatic heterocycles. The highest BCUT2D eigenvalue weighted by Gasteiger charge is 2.30. The Morgan fingerprint density at radius 3 is 2.29 bits per heavy atom. The molecular weight excluding hydrogens is 373 g/mol. The molecular formula is C19H15F3N4O2. The van der Waals surface area contributed by atoms with E-state index in [0.29, 0.717) is 17.9 Å². The maximum Gasteiger partial charge on any atom is 0.416 e. The Morgan fingerprint density at radius 2 is 1.64 bits per heavy atom. The van der Waals surface area contributed by atoms with Gasteiger partial charge in [-0.15, -0.1) is 5.10 Å². The molecule has 9 heteroatoms. The van der Waals surface area contributed by atoms with Crippen molar-refractivity contribution in [2.24, 2.45) is 0 Å². The highest BCUT2D eigenvalue weighted by atomic mass is 19.4. The van der Waals surface area contributed by atoms with Crippen molar-refractivity contribution < 1.29 is 18.0 Å². The minimum Gasteiger partial charge on any atom is -0.329 e. The van der Waals surface area contributed by atoms with E-state index in [9.17, 15) is 22.8 Å². The average Bonchev–Trinajstić information content (AvgIpc) is 3.03. The van der Waals surface area contributed by atoms with Crippen LogP contribution in [0.2, 0.25) is 0 Å². The van der Waals surface area contributed by atoms with Gasteiger partial charge in [-0.3, -0.25) is 9.36 Å². The van der Waals surface area contributed by atoms with Gasteiger partial charge in [-0.25, -0.2) is 4.79 Å². The molecule has 1 amide bonds. The van der Waals surface area contributed by atoms with Gasteiger partial charge in [0.2, 0.25) is 0 Å². The van der Waals surface area contributed by atoms with Crippen molar-refractivity contribution in [3.63, 3.8) is 0 Å². The normalized spacial score (nSPS) is 14.0. The summed E-state index contributed by atoms with van der Waals surface area (Å²) in [5.74, 6) is 0.226. The molecule has 0 spiro atoms. The summed E-state index contributed by atoms with van der Waals surface area (Å²) in [6.07, 6.45) is -4.45. The molecule has 0 saturated carbocycles. The molecule has 0 fully saturated rings. The van der Waals surface area contributed by atoms with Gasteiger partial charge in [-0.2, -0.15) is 17.9 Å². The maximum atomic E-state index is 12.7. The lowest BCUT2D eigenvalue weighted by atomic mass is 10.2. The van der Waals surface area contributed by atoms with Crippen molar-refractivity contribution in [3.8, 4) is 5.69 Å². The number of fused-ring (bicyclic) bond motifs is 1. The number of halogens is 3. The molecule has 0 N–H and O–H groups in total. The quantitative estimate of drug-likeness (QED) is 0.678. The van der Waals surface area contributed by atoms with Crippen molar-refractivity contribution in [2.45, 2.75) is 19.3 Å². The van der Waals surface area contributed by atoms with Gasteiger partial charge in [-0.1, -0.05) is 18.2 Å². The van der Waals surface area contributed by atoms with E-state index in [1.165, 1.54) is 16.7 Å². The first-order valence-electron chi connectivity index (χ1n) is 8.55. The fourth-order valence-corrected chi connectivity index (χ4v) is 3.15. The van der Waals surface area contributed by atoms with Gasteiger partial charge < -0.3 is 4.90 Å². The molecule has 1 aromatic heterocycles. The first-order valence-corrected chi connectivity index (χ1v) is 8.55. The van der Waals surface area contributed by atoms with Gasteiger partial charge in [0, 0.05) is 18.7 Å². The van der Waals surface area contributed by atoms with Crippen LogP contribution in [0.25, 0.3) is 5.69 Å². The van der Waals surface area contributed by atoms with Gasteiger partial charge >= 0.3 is 11.9 Å². The number of rotatable bonds is 2. The van der Waals surface area contributed by atoms with E-state index in [1.807, 2.05) is 6.07 Å². The summed E-state index contributed by atoms with van der Waals surface area (Å²) in [4.78, 5) is 26.8. The van der Waals surface area contributed by atoms with E-state index in [2.05, 4.69) is 5.10 Å². The molecule has 0 saturated heterocycles. The summed E-state index contributed by atoms with van der Waals surface area (Å²) in [6.45, 7) is 0.767. The minimum atomic E-state index is -4.45. The second-order valence-electron chi connectivity index (χ2n) is 6.40. The van der Waals surface area contributed by atoms with Crippen LogP contribution in [-0.4, -0.2) is 31.7 Å². The van der Waals surface area contributed by atoms with Gasteiger partial charge in [0.25, 0.3) is 5.91 Å². The lowest BCUT2D eigenvalue weighted by Gasteiger charge is -2.26. The third-order valence-electron chi connectivity index (χ3n) is 4.61. The Kier molecular flexibility index (Phi) is 4.29. The van der Waals surface area contributed by atoms with Gasteiger partial charge in [0.05, 0.1) is 17.8 Å². The molecule has 6 nitrogen and oxygen atoms in total. The van der Waals surface area contributed by atoms with Crippen LogP contribution >= 0.6 is 0 Å². The summed E-state index contributed by atoms with van der Waals surface area (Å²) < 4.78 is 40.7. The predicted octanol–water partition coefficient (Wildman–Crippen LogP) is 2.71. The molecule has 4 rings (SSSR count). The summed E-state index contributed by atoms with van der Waals surface area (Å²) in [5.41, 5.74) is -0.462. The Hall–Kier alpha value is -3.36. The summed E-state index contributed by atoms with van der Waals surface area (Å²) in [6, 6.07) is 13.0. The van der Waals surface area contributed by atoms with Gasteiger partial charge in [0.15, 0.2) is 5.82 Å². The zero-order valence-corrected chi connectivity index (χ0v) is 14.6. The molecule has 0 atom stereocenters. The molecule has 3 aromatic rings. The topological polar surface area (TPSA) is 60.1 Å². The van der Waals surface area contributed by atoms with E-state index < -0.39 is 17.4 Å². The summed E-state index contributed by atoms with van der Waals surface area (Å²) in [7, 11) is 0. The zero-order chi connectivity index (χ0) is 19.9. The van der Waals surface area contributed by atoms with Gasteiger partial charge in [0.1, 0.15) is 0 Å². The highest BCUT2D eigenvalue weighted by molar-refractivity contribution is 5.94. The second-order valence-corrected chi connectivity index (χ2v) is 6.40. The number of aromatic nitrogens is 3. The third kappa shape index (κ3) is 3.19. The van der Waals surface area contributed by atoms with Crippen LogP contribution in [-0.2, 0) is 19.3 Å². The van der Waals surface area contributed by atoms with Crippen LogP contribution in [0.15, 0.2) is 59.4 Å². The number of alkyl halides is 3. The van der Waals surface area contributed by atoms with Crippen molar-refractivity contribution in [2.75, 3.05) is 6.54 Å². The molecule has 0 aliphatic carbocycles. The zero-order valence-electron chi connectivity index (χ0n) is 14.6. The third-order valence-corrected chi connectivity index (χ3v) is 4.61. The molecule has 144 valence electrons. The van der Waals surface area contributed by atoms with Crippen molar-refractivity contribution >= 4 is 5.91 Å². The predicted molar refractivity (Wildman–Crippen MR) is 94.0 cm³/mol. The molecule has 2 aromatic carbocycles. The highest BCUT2D eigenvalue weighted by Crippen LogP contribution is 2.29. The Balaban J connectivity index is 1.61. The maximum absolute atomic E-state index is 12.7. The number of nitrogens with zero attached hydrogens (tertiary/aromatic N) is 4. The lowest BCUT2D eigenvalue weighted by Crippen LogP contribution is -2.40.